The number of rotatable bonds is 5. The van der Waals surface area contributed by atoms with E-state index < -0.39 is 0 Å². The lowest BCUT2D eigenvalue weighted by Crippen LogP contribution is -2.29. The molecule has 0 radical (unpaired) electrons. The minimum absolute atomic E-state index is 0.341. The number of nitrogens with one attached hydrogen (secondary N) is 2. The fourth-order valence-electron chi connectivity index (χ4n) is 2.12. The first kappa shape index (κ1) is 16.4. The number of anilines is 1. The highest BCUT2D eigenvalue weighted by Crippen LogP contribution is 2.28. The molecule has 6 nitrogen and oxygen atoms in total. The summed E-state index contributed by atoms with van der Waals surface area (Å²) in [5, 5.41) is 1.21. The standard InChI is InChI=1S/C16H14ClN3O3S/c1-22-10-4-5-11(13(8-10)23-2)15(21)19-20-16-18-12-6-3-9(17)7-14(12)24-16/h3-8H,1-2H3,(H,18,20)(H,19,21). The van der Waals surface area contributed by atoms with Crippen LogP contribution in [0.1, 0.15) is 10.4 Å². The number of carbonyl (C=O) groups excluding carboxylic acids is 1. The Kier molecular flexibility index (Phi) is 4.73. The second kappa shape index (κ2) is 6.94. The first-order valence-electron chi connectivity index (χ1n) is 6.95. The van der Waals surface area contributed by atoms with E-state index in [1.54, 1.807) is 31.4 Å². The predicted molar refractivity (Wildman–Crippen MR) is 95.3 cm³/mol. The molecular weight excluding hydrogens is 350 g/mol. The van der Waals surface area contributed by atoms with Crippen LogP contribution in [0, 0.1) is 0 Å². The SMILES string of the molecule is COc1ccc(C(=O)NNc2nc3ccc(Cl)cc3s2)c(OC)c1. The molecule has 0 unspecified atom stereocenters. The number of halogens is 1. The maximum Gasteiger partial charge on any atom is 0.273 e. The lowest BCUT2D eigenvalue weighted by molar-refractivity contribution is 0.0959. The fraction of sp³-hybridized carbons (Fsp3) is 0.125. The summed E-state index contributed by atoms with van der Waals surface area (Å²) in [7, 11) is 3.05. The van der Waals surface area contributed by atoms with Crippen molar-refractivity contribution in [3.63, 3.8) is 0 Å². The fourth-order valence-corrected chi connectivity index (χ4v) is 3.21. The quantitative estimate of drug-likeness (QED) is 0.676. The Morgan fingerprint density at radius 3 is 2.75 bits per heavy atom. The van der Waals surface area contributed by atoms with Gasteiger partial charge < -0.3 is 9.47 Å². The lowest BCUT2D eigenvalue weighted by Gasteiger charge is -2.10. The second-order valence-corrected chi connectivity index (χ2v) is 6.24. The predicted octanol–water partition coefficient (Wildman–Crippen LogP) is 3.72. The number of ether oxygens (including phenoxy) is 2. The van der Waals surface area contributed by atoms with Crippen LogP contribution in [0.2, 0.25) is 5.02 Å². The van der Waals surface area contributed by atoms with Gasteiger partial charge in [-0.1, -0.05) is 22.9 Å². The molecule has 0 bridgehead atoms. The number of hydrogen-bond acceptors (Lipinski definition) is 6. The molecule has 8 heteroatoms. The number of amides is 1. The first-order chi connectivity index (χ1) is 11.6. The topological polar surface area (TPSA) is 72.5 Å². The van der Waals surface area contributed by atoms with E-state index in [1.807, 2.05) is 12.1 Å². The van der Waals surface area contributed by atoms with Gasteiger partial charge in [-0.3, -0.25) is 15.6 Å². The van der Waals surface area contributed by atoms with Crippen LogP contribution in [0.3, 0.4) is 0 Å². The van der Waals surface area contributed by atoms with Crippen molar-refractivity contribution >= 4 is 44.2 Å². The zero-order valence-corrected chi connectivity index (χ0v) is 14.5. The molecule has 1 aromatic heterocycles. The Morgan fingerprint density at radius 1 is 1.17 bits per heavy atom. The van der Waals surface area contributed by atoms with Crippen LogP contribution in [-0.4, -0.2) is 25.1 Å². The Bertz CT molecular complexity index is 897. The van der Waals surface area contributed by atoms with Crippen molar-refractivity contribution in [1.82, 2.24) is 10.4 Å². The number of carbonyl (C=O) groups is 1. The van der Waals surface area contributed by atoms with Gasteiger partial charge in [-0.2, -0.15) is 0 Å². The van der Waals surface area contributed by atoms with Crippen molar-refractivity contribution in [2.75, 3.05) is 19.6 Å². The van der Waals surface area contributed by atoms with E-state index in [0.717, 1.165) is 10.2 Å². The van der Waals surface area contributed by atoms with Crippen molar-refractivity contribution in [2.24, 2.45) is 0 Å². The van der Waals surface area contributed by atoms with Gasteiger partial charge in [0.05, 0.1) is 30.0 Å². The Labute approximate surface area is 147 Å². The van der Waals surface area contributed by atoms with Crippen LogP contribution in [-0.2, 0) is 0 Å². The molecule has 24 heavy (non-hydrogen) atoms. The summed E-state index contributed by atoms with van der Waals surface area (Å²) in [6.07, 6.45) is 0. The largest absolute Gasteiger partial charge is 0.497 e. The number of thiazole rings is 1. The highest BCUT2D eigenvalue weighted by molar-refractivity contribution is 7.22. The molecule has 0 spiro atoms. The molecule has 0 saturated carbocycles. The highest BCUT2D eigenvalue weighted by Gasteiger charge is 2.14. The molecule has 3 aromatic rings. The Balaban J connectivity index is 1.74. The van der Waals surface area contributed by atoms with E-state index >= 15 is 0 Å². The third-order valence-corrected chi connectivity index (χ3v) is 4.46. The van der Waals surface area contributed by atoms with E-state index in [-0.39, 0.29) is 5.91 Å². The number of aromatic nitrogens is 1. The summed E-state index contributed by atoms with van der Waals surface area (Å²) < 4.78 is 11.3. The van der Waals surface area contributed by atoms with Gasteiger partial charge in [0.2, 0.25) is 5.13 Å². The normalized spacial score (nSPS) is 10.5. The minimum atomic E-state index is -0.341. The zero-order valence-electron chi connectivity index (χ0n) is 12.9. The van der Waals surface area contributed by atoms with Gasteiger partial charge in [0, 0.05) is 11.1 Å². The molecule has 0 aliphatic carbocycles. The van der Waals surface area contributed by atoms with Crippen LogP contribution in [0.15, 0.2) is 36.4 Å². The van der Waals surface area contributed by atoms with Gasteiger partial charge in [0.15, 0.2) is 0 Å². The number of nitrogens with zero attached hydrogens (tertiary/aromatic N) is 1. The van der Waals surface area contributed by atoms with Crippen molar-refractivity contribution in [2.45, 2.75) is 0 Å². The number of benzene rings is 2. The van der Waals surface area contributed by atoms with Crippen LogP contribution < -0.4 is 20.3 Å². The molecule has 124 valence electrons. The molecular formula is C16H14ClN3O3S. The van der Waals surface area contributed by atoms with E-state index in [4.69, 9.17) is 21.1 Å². The molecule has 1 amide bonds. The zero-order chi connectivity index (χ0) is 17.1. The van der Waals surface area contributed by atoms with Crippen LogP contribution >= 0.6 is 22.9 Å². The summed E-state index contributed by atoms with van der Waals surface area (Å²) in [5.74, 6) is 0.691. The first-order valence-corrected chi connectivity index (χ1v) is 8.14. The minimum Gasteiger partial charge on any atom is -0.497 e. The van der Waals surface area contributed by atoms with Gasteiger partial charge in [-0.25, -0.2) is 4.98 Å². The molecule has 0 aliphatic heterocycles. The van der Waals surface area contributed by atoms with Crippen molar-refractivity contribution in [3.05, 3.63) is 47.0 Å². The van der Waals surface area contributed by atoms with Crippen LogP contribution in [0.5, 0.6) is 11.5 Å². The molecule has 2 N–H and O–H groups in total. The van der Waals surface area contributed by atoms with Gasteiger partial charge in [-0.05, 0) is 30.3 Å². The maximum atomic E-state index is 12.3. The third kappa shape index (κ3) is 3.37. The highest BCUT2D eigenvalue weighted by atomic mass is 35.5. The molecule has 1 heterocycles. The maximum absolute atomic E-state index is 12.3. The van der Waals surface area contributed by atoms with Gasteiger partial charge in [-0.15, -0.1) is 0 Å². The number of hydrogen-bond donors (Lipinski definition) is 2. The summed E-state index contributed by atoms with van der Waals surface area (Å²) in [4.78, 5) is 16.7. The van der Waals surface area contributed by atoms with Gasteiger partial charge in [0.1, 0.15) is 11.5 Å². The molecule has 0 saturated heterocycles. The van der Waals surface area contributed by atoms with E-state index in [0.29, 0.717) is 27.2 Å². The molecule has 0 atom stereocenters. The van der Waals surface area contributed by atoms with Crippen molar-refractivity contribution in [1.29, 1.82) is 0 Å². The van der Waals surface area contributed by atoms with Crippen molar-refractivity contribution in [3.8, 4) is 11.5 Å². The van der Waals surface area contributed by atoms with E-state index in [1.165, 1.54) is 18.4 Å². The Morgan fingerprint density at radius 2 is 2.00 bits per heavy atom. The summed E-state index contributed by atoms with van der Waals surface area (Å²) in [6.45, 7) is 0. The molecule has 2 aromatic carbocycles. The van der Waals surface area contributed by atoms with Gasteiger partial charge in [0.25, 0.3) is 5.91 Å². The average molecular weight is 364 g/mol. The van der Waals surface area contributed by atoms with Crippen molar-refractivity contribution < 1.29 is 14.3 Å². The molecule has 0 aliphatic rings. The molecule has 3 rings (SSSR count). The number of hydrazine groups is 1. The van der Waals surface area contributed by atoms with E-state index in [9.17, 15) is 4.79 Å². The monoisotopic (exact) mass is 363 g/mol. The summed E-state index contributed by atoms with van der Waals surface area (Å²) >= 11 is 7.35. The third-order valence-electron chi connectivity index (χ3n) is 3.29. The second-order valence-electron chi connectivity index (χ2n) is 4.78. The van der Waals surface area contributed by atoms with Gasteiger partial charge >= 0.3 is 0 Å². The Hall–Kier alpha value is -2.51. The number of methoxy groups -OCH3 is 2. The summed E-state index contributed by atoms with van der Waals surface area (Å²) in [6, 6.07) is 10.4. The molecule has 0 fully saturated rings. The van der Waals surface area contributed by atoms with Crippen LogP contribution in [0.25, 0.3) is 10.2 Å². The number of fused-ring (bicyclic) bond motifs is 1. The average Bonchev–Trinajstić information content (AvgIpc) is 3.00. The summed E-state index contributed by atoms with van der Waals surface area (Å²) in [5.41, 5.74) is 6.61. The smallest absolute Gasteiger partial charge is 0.273 e. The van der Waals surface area contributed by atoms with Crippen LogP contribution in [0.4, 0.5) is 5.13 Å². The lowest BCUT2D eigenvalue weighted by atomic mass is 10.2. The van der Waals surface area contributed by atoms with E-state index in [2.05, 4.69) is 15.8 Å².